The molecule has 36 heavy (non-hydrogen) atoms. The molecule has 208 valence electrons. The van der Waals surface area contributed by atoms with Crippen LogP contribution in [-0.2, 0) is 19.1 Å². The molecular weight excluding hydrogens is 452 g/mol. The molecule has 0 aliphatic rings. The molecule has 0 saturated carbocycles. The Bertz CT molecular complexity index is 594. The number of carbonyl (C=O) groups excluding carboxylic acids is 2. The molecule has 1 atom stereocenters. The highest BCUT2D eigenvalue weighted by molar-refractivity contribution is 5.70. The van der Waals surface area contributed by atoms with Gasteiger partial charge in [-0.2, -0.15) is 0 Å². The lowest BCUT2D eigenvalue weighted by atomic mass is 10.1. The van der Waals surface area contributed by atoms with Crippen LogP contribution in [0.4, 0.5) is 0 Å². The summed E-state index contributed by atoms with van der Waals surface area (Å²) in [6.45, 7) is 3.98. The van der Waals surface area contributed by atoms with Gasteiger partial charge in [-0.25, -0.2) is 0 Å². The zero-order chi connectivity index (χ0) is 26.5. The van der Waals surface area contributed by atoms with Gasteiger partial charge >= 0.3 is 11.9 Å². The van der Waals surface area contributed by atoms with Gasteiger partial charge in [-0.3, -0.25) is 9.59 Å². The maximum Gasteiger partial charge on any atom is 0.306 e. The third kappa shape index (κ3) is 25.2. The van der Waals surface area contributed by atoms with Crippen LogP contribution in [0.5, 0.6) is 0 Å². The van der Waals surface area contributed by atoms with Gasteiger partial charge < -0.3 is 14.6 Å². The Morgan fingerprint density at radius 2 is 1.17 bits per heavy atom. The first-order valence-electron chi connectivity index (χ1n) is 14.5. The van der Waals surface area contributed by atoms with Gasteiger partial charge in [0.25, 0.3) is 0 Å². The van der Waals surface area contributed by atoms with Crippen molar-refractivity contribution in [2.75, 3.05) is 13.2 Å². The first-order chi connectivity index (χ1) is 17.6. The second-order valence-electron chi connectivity index (χ2n) is 9.46. The van der Waals surface area contributed by atoms with Crippen LogP contribution in [-0.4, -0.2) is 36.4 Å². The van der Waals surface area contributed by atoms with Gasteiger partial charge in [0.15, 0.2) is 6.10 Å². The van der Waals surface area contributed by atoms with Gasteiger partial charge in [0.2, 0.25) is 0 Å². The summed E-state index contributed by atoms with van der Waals surface area (Å²) in [5.74, 6) is -0.717. The summed E-state index contributed by atoms with van der Waals surface area (Å²) in [5, 5.41) is 9.42. The lowest BCUT2D eigenvalue weighted by molar-refractivity contribution is -0.161. The van der Waals surface area contributed by atoms with Crippen LogP contribution >= 0.6 is 0 Å². The Balaban J connectivity index is 3.75. The number of aliphatic hydroxyl groups is 1. The molecular formula is C31H54O5. The number of hydrogen-bond donors (Lipinski definition) is 1. The van der Waals surface area contributed by atoms with Crippen LogP contribution in [0.3, 0.4) is 0 Å². The molecule has 0 aliphatic carbocycles. The van der Waals surface area contributed by atoms with E-state index in [0.717, 1.165) is 25.7 Å². The third-order valence-electron chi connectivity index (χ3n) is 5.92. The van der Waals surface area contributed by atoms with E-state index in [1.807, 2.05) is 6.08 Å². The first-order valence-corrected chi connectivity index (χ1v) is 14.5. The van der Waals surface area contributed by atoms with Gasteiger partial charge in [0.05, 0.1) is 6.61 Å². The van der Waals surface area contributed by atoms with Crippen molar-refractivity contribution in [3.05, 3.63) is 36.5 Å². The Morgan fingerprint density at radius 3 is 1.81 bits per heavy atom. The van der Waals surface area contributed by atoms with E-state index in [4.69, 9.17) is 9.47 Å². The zero-order valence-electron chi connectivity index (χ0n) is 23.3. The number of rotatable bonds is 25. The van der Waals surface area contributed by atoms with Crippen molar-refractivity contribution in [2.24, 2.45) is 0 Å². The molecule has 0 aliphatic heterocycles. The Hall–Kier alpha value is -1.88. The van der Waals surface area contributed by atoms with Crippen LogP contribution < -0.4 is 0 Å². The fourth-order valence-electron chi connectivity index (χ4n) is 3.67. The van der Waals surface area contributed by atoms with Gasteiger partial charge in [0.1, 0.15) is 6.61 Å². The van der Waals surface area contributed by atoms with Crippen molar-refractivity contribution in [3.63, 3.8) is 0 Å². The lowest BCUT2D eigenvalue weighted by Crippen LogP contribution is -2.28. The molecule has 5 heteroatoms. The fraction of sp³-hybridized carbons (Fsp3) is 0.742. The van der Waals surface area contributed by atoms with Crippen LogP contribution in [0.15, 0.2) is 36.5 Å². The quantitative estimate of drug-likeness (QED) is 0.0768. The topological polar surface area (TPSA) is 72.8 Å². The van der Waals surface area contributed by atoms with Crippen molar-refractivity contribution >= 4 is 11.9 Å². The molecule has 5 nitrogen and oxygen atoms in total. The molecule has 0 radical (unpaired) electrons. The first kappa shape index (κ1) is 34.1. The maximum atomic E-state index is 12.0. The van der Waals surface area contributed by atoms with Crippen LogP contribution in [0, 0.1) is 0 Å². The molecule has 0 amide bonds. The Morgan fingerprint density at radius 1 is 0.639 bits per heavy atom. The molecule has 0 fully saturated rings. The van der Waals surface area contributed by atoms with E-state index in [1.165, 1.54) is 64.2 Å². The number of allylic oxidation sites excluding steroid dienone is 6. The minimum absolute atomic E-state index is 0.108. The predicted octanol–water partition coefficient (Wildman–Crippen LogP) is 8.16. The number of carbonyl (C=O) groups is 2. The average molecular weight is 507 g/mol. The number of esters is 2. The Kier molecular flexibility index (Phi) is 26.3. The van der Waals surface area contributed by atoms with E-state index in [1.54, 1.807) is 0 Å². The van der Waals surface area contributed by atoms with Crippen LogP contribution in [0.1, 0.15) is 129 Å². The highest BCUT2D eigenvalue weighted by atomic mass is 16.6. The van der Waals surface area contributed by atoms with Crippen molar-refractivity contribution < 1.29 is 24.2 Å². The van der Waals surface area contributed by atoms with Crippen molar-refractivity contribution in [2.45, 2.75) is 136 Å². The second-order valence-corrected chi connectivity index (χ2v) is 9.46. The van der Waals surface area contributed by atoms with Crippen molar-refractivity contribution in [1.82, 2.24) is 0 Å². The molecule has 0 rings (SSSR count). The number of ether oxygens (including phenoxy) is 2. The minimum Gasteiger partial charge on any atom is -0.462 e. The second kappa shape index (κ2) is 27.7. The highest BCUT2D eigenvalue weighted by Crippen LogP contribution is 2.08. The highest BCUT2D eigenvalue weighted by Gasteiger charge is 2.15. The number of hydrogen-bond acceptors (Lipinski definition) is 5. The zero-order valence-corrected chi connectivity index (χ0v) is 23.3. The predicted molar refractivity (Wildman–Crippen MR) is 150 cm³/mol. The summed E-state index contributed by atoms with van der Waals surface area (Å²) in [7, 11) is 0. The van der Waals surface area contributed by atoms with Crippen LogP contribution in [0.25, 0.3) is 0 Å². The minimum atomic E-state index is -0.803. The van der Waals surface area contributed by atoms with Crippen LogP contribution in [0.2, 0.25) is 0 Å². The summed E-state index contributed by atoms with van der Waals surface area (Å²) < 4.78 is 10.4. The molecule has 1 N–H and O–H groups in total. The summed E-state index contributed by atoms with van der Waals surface area (Å²) >= 11 is 0. The molecule has 1 unspecified atom stereocenters. The van der Waals surface area contributed by atoms with Crippen molar-refractivity contribution in [3.8, 4) is 0 Å². The summed E-state index contributed by atoms with van der Waals surface area (Å²) in [6, 6.07) is 0. The molecule has 0 aromatic heterocycles. The molecule has 0 spiro atoms. The monoisotopic (exact) mass is 506 g/mol. The van der Waals surface area contributed by atoms with E-state index in [0.29, 0.717) is 19.3 Å². The van der Waals surface area contributed by atoms with Gasteiger partial charge in [-0.1, -0.05) is 102 Å². The molecule has 0 saturated heterocycles. The number of unbranched alkanes of at least 4 members (excludes halogenated alkanes) is 11. The molecule has 0 heterocycles. The maximum absolute atomic E-state index is 12.0. The summed E-state index contributed by atoms with van der Waals surface area (Å²) in [6.07, 6.45) is 30.7. The van der Waals surface area contributed by atoms with E-state index < -0.39 is 6.10 Å². The van der Waals surface area contributed by atoms with Crippen molar-refractivity contribution in [1.29, 1.82) is 0 Å². The lowest BCUT2D eigenvalue weighted by Gasteiger charge is -2.15. The smallest absolute Gasteiger partial charge is 0.306 e. The third-order valence-corrected chi connectivity index (χ3v) is 5.92. The average Bonchev–Trinajstić information content (AvgIpc) is 2.88. The van der Waals surface area contributed by atoms with Gasteiger partial charge in [-0.05, 0) is 51.4 Å². The fourth-order valence-corrected chi connectivity index (χ4v) is 3.67. The van der Waals surface area contributed by atoms with Gasteiger partial charge in [-0.15, -0.1) is 0 Å². The van der Waals surface area contributed by atoms with Gasteiger partial charge in [0, 0.05) is 12.8 Å². The molecule has 0 aromatic carbocycles. The SMILES string of the molecule is CCCCCC/C=C/CCCC(=O)OC(CO)COC(=O)CC/C=C/C/C=C/CCCCCCCC. The molecule has 0 bridgehead atoms. The molecule has 0 aromatic rings. The van der Waals surface area contributed by atoms with E-state index in [2.05, 4.69) is 44.2 Å². The number of aliphatic hydroxyl groups excluding tert-OH is 1. The largest absolute Gasteiger partial charge is 0.462 e. The summed E-state index contributed by atoms with van der Waals surface area (Å²) in [4.78, 5) is 23.9. The summed E-state index contributed by atoms with van der Waals surface area (Å²) in [5.41, 5.74) is 0. The standard InChI is InChI=1S/C31H54O5/c1-3-5-7-9-11-13-14-15-16-18-19-21-23-25-30(33)35-28-29(27-32)36-31(34)26-24-22-20-17-12-10-8-6-4-2/h15-17,19-21,29,32H,3-14,18,22-28H2,1-2H3/b16-15+,20-17+,21-19+. The van der Waals surface area contributed by atoms with E-state index in [-0.39, 0.29) is 31.6 Å². The van der Waals surface area contributed by atoms with E-state index >= 15 is 0 Å². The van der Waals surface area contributed by atoms with E-state index in [9.17, 15) is 14.7 Å². The normalized spacial score (nSPS) is 12.6. The Labute approximate surface area is 221 Å².